The molecular weight excluding hydrogens is 488 g/mol. The summed E-state index contributed by atoms with van der Waals surface area (Å²) in [4.78, 5) is 45.7. The number of carbonyl (C=O) groups is 2. The lowest BCUT2D eigenvalue weighted by Gasteiger charge is -2.46. The Balaban J connectivity index is 1.55. The van der Waals surface area contributed by atoms with E-state index in [-0.39, 0.29) is 40.1 Å². The van der Waals surface area contributed by atoms with Crippen molar-refractivity contribution < 1.29 is 19.4 Å². The summed E-state index contributed by atoms with van der Waals surface area (Å²) in [5.41, 5.74) is 1.06. The molecule has 1 aliphatic rings. The second kappa shape index (κ2) is 11.8. The first-order chi connectivity index (χ1) is 17.8. The third-order valence-corrected chi connectivity index (χ3v) is 6.54. The summed E-state index contributed by atoms with van der Waals surface area (Å²) in [5.74, 6) is -0.511. The van der Waals surface area contributed by atoms with Crippen LogP contribution >= 0.6 is 0 Å². The highest BCUT2D eigenvalue weighted by Crippen LogP contribution is 2.45. The molecule has 0 saturated heterocycles. The fourth-order valence-electron chi connectivity index (χ4n) is 5.24. The van der Waals surface area contributed by atoms with Crippen LogP contribution < -0.4 is 10.6 Å². The van der Waals surface area contributed by atoms with Gasteiger partial charge in [-0.3, -0.25) is 29.8 Å². The maximum Gasteiger partial charge on any atom is 0.269 e. The average Bonchev–Trinajstić information content (AvgIpc) is 2.84. The molecule has 0 aromatic heterocycles. The van der Waals surface area contributed by atoms with Gasteiger partial charge in [0.05, 0.1) is 9.85 Å². The second-order valence-electron chi connectivity index (χ2n) is 10.8. The lowest BCUT2D eigenvalue weighted by Crippen LogP contribution is -2.50. The fourth-order valence-corrected chi connectivity index (χ4v) is 5.24. The first-order valence-electron chi connectivity index (χ1n) is 12.3. The third kappa shape index (κ3) is 8.36. The first kappa shape index (κ1) is 28.2. The second-order valence-corrected chi connectivity index (χ2v) is 10.8. The summed E-state index contributed by atoms with van der Waals surface area (Å²) >= 11 is 0. The van der Waals surface area contributed by atoms with Gasteiger partial charge < -0.3 is 10.6 Å². The summed E-state index contributed by atoms with van der Waals surface area (Å²) in [6.45, 7) is 6.82. The number of hydrogen-bond acceptors (Lipinski definition) is 6. The molecule has 2 aromatic carbocycles. The van der Waals surface area contributed by atoms with Crippen LogP contribution in [0.25, 0.3) is 12.2 Å². The van der Waals surface area contributed by atoms with Crippen LogP contribution in [0.4, 0.5) is 11.4 Å². The Hall–Kier alpha value is -4.34. The zero-order chi connectivity index (χ0) is 27.9. The summed E-state index contributed by atoms with van der Waals surface area (Å²) in [7, 11) is 0. The average molecular weight is 521 g/mol. The number of carbonyl (C=O) groups excluding carboxylic acids is 2. The number of nitrogens with one attached hydrogen (secondary N) is 2. The smallest absolute Gasteiger partial charge is 0.269 e. The molecule has 10 nitrogen and oxygen atoms in total. The van der Waals surface area contributed by atoms with Gasteiger partial charge in [-0.15, -0.1) is 0 Å². The summed E-state index contributed by atoms with van der Waals surface area (Å²) in [6.07, 6.45) is 8.41. The van der Waals surface area contributed by atoms with Gasteiger partial charge in [0, 0.05) is 49.0 Å². The molecule has 1 saturated carbocycles. The minimum absolute atomic E-state index is 0.00995. The molecule has 1 aliphatic carbocycles. The predicted molar refractivity (Wildman–Crippen MR) is 145 cm³/mol. The molecule has 1 fully saturated rings. The van der Waals surface area contributed by atoms with Gasteiger partial charge >= 0.3 is 0 Å². The summed E-state index contributed by atoms with van der Waals surface area (Å²) in [6, 6.07) is 11.8. The molecule has 3 rings (SSSR count). The van der Waals surface area contributed by atoms with E-state index in [1.54, 1.807) is 36.4 Å². The van der Waals surface area contributed by atoms with E-state index in [9.17, 15) is 29.8 Å². The van der Waals surface area contributed by atoms with Gasteiger partial charge in [0.15, 0.2) is 0 Å². The van der Waals surface area contributed by atoms with E-state index in [1.165, 1.54) is 36.4 Å². The third-order valence-electron chi connectivity index (χ3n) is 6.54. The monoisotopic (exact) mass is 520 g/mol. The van der Waals surface area contributed by atoms with Crippen LogP contribution in [-0.2, 0) is 9.59 Å². The van der Waals surface area contributed by atoms with Crippen molar-refractivity contribution in [3.05, 3.63) is 92.0 Å². The molecule has 0 radical (unpaired) electrons. The molecule has 2 atom stereocenters. The van der Waals surface area contributed by atoms with Crippen LogP contribution in [0.3, 0.4) is 0 Å². The standard InChI is InChI=1S/C28H32N4O6/c1-27(2)16-22(30-26(34)15-9-21-6-12-24(13-7-21)32(37)38)17-28(3,18-27)19-29-25(33)14-8-20-4-10-23(11-5-20)31(35)36/h4-15,22H,16-19H2,1-3H3,(H,29,33)(H,30,34). The summed E-state index contributed by atoms with van der Waals surface area (Å²) in [5, 5.41) is 27.6. The Morgan fingerprint density at radius 3 is 1.79 bits per heavy atom. The maximum atomic E-state index is 12.6. The highest BCUT2D eigenvalue weighted by molar-refractivity contribution is 5.92. The lowest BCUT2D eigenvalue weighted by molar-refractivity contribution is -0.385. The van der Waals surface area contributed by atoms with Crippen molar-refractivity contribution in [2.75, 3.05) is 6.54 Å². The Kier molecular flexibility index (Phi) is 8.77. The number of rotatable bonds is 9. The molecule has 200 valence electrons. The van der Waals surface area contributed by atoms with E-state index in [4.69, 9.17) is 0 Å². The van der Waals surface area contributed by atoms with E-state index in [1.807, 2.05) is 0 Å². The molecule has 0 aliphatic heterocycles. The van der Waals surface area contributed by atoms with Crippen LogP contribution in [0.2, 0.25) is 0 Å². The number of nitrogens with zero attached hydrogens (tertiary/aromatic N) is 2. The van der Waals surface area contributed by atoms with Gasteiger partial charge in [0.25, 0.3) is 11.4 Å². The minimum atomic E-state index is -0.475. The van der Waals surface area contributed by atoms with Crippen molar-refractivity contribution >= 4 is 35.3 Å². The van der Waals surface area contributed by atoms with Crippen LogP contribution in [0, 0.1) is 31.1 Å². The molecule has 2 aromatic rings. The largest absolute Gasteiger partial charge is 0.352 e. The van der Waals surface area contributed by atoms with Gasteiger partial charge in [-0.2, -0.15) is 0 Å². The maximum absolute atomic E-state index is 12.6. The van der Waals surface area contributed by atoms with Crippen LogP contribution in [0.15, 0.2) is 60.7 Å². The van der Waals surface area contributed by atoms with Crippen molar-refractivity contribution in [3.63, 3.8) is 0 Å². The van der Waals surface area contributed by atoms with Gasteiger partial charge in [0.1, 0.15) is 0 Å². The van der Waals surface area contributed by atoms with E-state index in [2.05, 4.69) is 31.4 Å². The summed E-state index contributed by atoms with van der Waals surface area (Å²) < 4.78 is 0. The van der Waals surface area contributed by atoms with Crippen LogP contribution in [0.5, 0.6) is 0 Å². The predicted octanol–water partition coefficient (Wildman–Crippen LogP) is 5.05. The van der Waals surface area contributed by atoms with Crippen LogP contribution in [0.1, 0.15) is 51.2 Å². The molecular formula is C28H32N4O6. The molecule has 2 amide bonds. The lowest BCUT2D eigenvalue weighted by atomic mass is 9.62. The highest BCUT2D eigenvalue weighted by Gasteiger charge is 2.41. The van der Waals surface area contributed by atoms with E-state index in [0.717, 1.165) is 12.8 Å². The number of amides is 2. The normalized spacial score (nSPS) is 20.8. The van der Waals surface area contributed by atoms with Crippen molar-refractivity contribution in [2.45, 2.75) is 46.1 Å². The van der Waals surface area contributed by atoms with Gasteiger partial charge in [0.2, 0.25) is 11.8 Å². The number of non-ortho nitro benzene ring substituents is 2. The molecule has 0 spiro atoms. The van der Waals surface area contributed by atoms with Crippen molar-refractivity contribution in [3.8, 4) is 0 Å². The molecule has 2 N–H and O–H groups in total. The number of hydrogen-bond donors (Lipinski definition) is 2. The molecule has 0 heterocycles. The number of nitro benzene ring substituents is 2. The quantitative estimate of drug-likeness (QED) is 0.269. The Morgan fingerprint density at radius 1 is 0.842 bits per heavy atom. The zero-order valence-corrected chi connectivity index (χ0v) is 21.7. The van der Waals surface area contributed by atoms with E-state index >= 15 is 0 Å². The number of benzene rings is 2. The van der Waals surface area contributed by atoms with Crippen molar-refractivity contribution in [2.24, 2.45) is 10.8 Å². The van der Waals surface area contributed by atoms with E-state index < -0.39 is 9.85 Å². The molecule has 0 bridgehead atoms. The number of nitro groups is 2. The van der Waals surface area contributed by atoms with Gasteiger partial charge in [-0.1, -0.05) is 20.8 Å². The SMILES string of the molecule is CC1(C)CC(NC(=O)C=Cc2ccc([N+](=O)[O-])cc2)CC(C)(CNC(=O)C=Cc2ccc([N+](=O)[O-])cc2)C1. The fraction of sp³-hybridized carbons (Fsp3) is 0.357. The molecule has 10 heteroatoms. The zero-order valence-electron chi connectivity index (χ0n) is 21.7. The minimum Gasteiger partial charge on any atom is -0.352 e. The Morgan fingerprint density at radius 2 is 1.32 bits per heavy atom. The van der Waals surface area contributed by atoms with Crippen molar-refractivity contribution in [1.29, 1.82) is 0 Å². The van der Waals surface area contributed by atoms with Crippen LogP contribution in [-0.4, -0.2) is 34.2 Å². The Labute approximate surface area is 221 Å². The van der Waals surface area contributed by atoms with Crippen molar-refractivity contribution in [1.82, 2.24) is 10.6 Å². The molecule has 2 unspecified atom stereocenters. The Bertz CT molecular complexity index is 1250. The first-order valence-corrected chi connectivity index (χ1v) is 12.3. The van der Waals surface area contributed by atoms with E-state index in [0.29, 0.717) is 24.1 Å². The molecule has 38 heavy (non-hydrogen) atoms. The van der Waals surface area contributed by atoms with Gasteiger partial charge in [-0.25, -0.2) is 0 Å². The van der Waals surface area contributed by atoms with Gasteiger partial charge in [-0.05, 0) is 77.6 Å². The highest BCUT2D eigenvalue weighted by atomic mass is 16.6. The topological polar surface area (TPSA) is 144 Å².